The molecule has 13 atom stereocenters. The lowest BCUT2D eigenvalue weighted by Gasteiger charge is -2.66. The van der Waals surface area contributed by atoms with Gasteiger partial charge in [-0.15, -0.1) is 11.8 Å². The van der Waals surface area contributed by atoms with E-state index in [1.54, 1.807) is 6.08 Å². The van der Waals surface area contributed by atoms with Gasteiger partial charge in [-0.25, -0.2) is 4.79 Å². The maximum Gasteiger partial charge on any atom is 0.331 e. The summed E-state index contributed by atoms with van der Waals surface area (Å²) in [7, 11) is 0. The monoisotopic (exact) mass is 737 g/mol. The molecule has 4 aliphatic carbocycles. The van der Waals surface area contributed by atoms with Crippen LogP contribution in [0.1, 0.15) is 83.6 Å². The van der Waals surface area contributed by atoms with Crippen LogP contribution in [0.3, 0.4) is 0 Å². The molecule has 4 aliphatic heterocycles. The van der Waals surface area contributed by atoms with Crippen LogP contribution in [0.15, 0.2) is 42.0 Å². The SMILES string of the molecule is C[C@@H]1C[C@@]2(NC(=O)CS2)[C@]2(O)O[C@@H]3C[C@@]4(COC(=O)CCc5ccccc5)[C@@H](CC[C@@H]5[C@@H]4CC[C@]4(C)[C@@H](C6=CC(=O)OC6)CC[C@]54O)C[C@H]3O[C@@H]2O1. The van der Waals surface area contributed by atoms with Crippen molar-refractivity contribution < 1.29 is 48.3 Å². The Hall–Kier alpha value is -2.48. The highest BCUT2D eigenvalue weighted by Crippen LogP contribution is 2.71. The van der Waals surface area contributed by atoms with Crippen LogP contribution < -0.4 is 5.32 Å². The number of ether oxygens (including phenoxy) is 5. The second-order valence-corrected chi connectivity index (χ2v) is 18.6. The summed E-state index contributed by atoms with van der Waals surface area (Å²) in [4.78, 5) is 37.1. The Morgan fingerprint density at radius 3 is 2.60 bits per heavy atom. The Balaban J connectivity index is 1.03. The summed E-state index contributed by atoms with van der Waals surface area (Å²) >= 11 is 1.35. The molecule has 0 unspecified atom stereocenters. The van der Waals surface area contributed by atoms with Gasteiger partial charge in [0.25, 0.3) is 5.79 Å². The van der Waals surface area contributed by atoms with E-state index >= 15 is 0 Å². The van der Waals surface area contributed by atoms with E-state index in [4.69, 9.17) is 23.7 Å². The van der Waals surface area contributed by atoms with Crippen molar-refractivity contribution in [3.8, 4) is 0 Å². The van der Waals surface area contributed by atoms with Crippen molar-refractivity contribution in [2.24, 2.45) is 34.5 Å². The lowest BCUT2D eigenvalue weighted by Crippen LogP contribution is -2.76. The first kappa shape index (κ1) is 35.2. The smallest absolute Gasteiger partial charge is 0.331 e. The summed E-state index contributed by atoms with van der Waals surface area (Å²) in [5.41, 5.74) is 0.159. The average Bonchev–Trinajstić information content (AvgIpc) is 3.80. The summed E-state index contributed by atoms with van der Waals surface area (Å²) in [6.07, 6.45) is 6.50. The summed E-state index contributed by atoms with van der Waals surface area (Å²) in [6, 6.07) is 9.92. The number of nitrogens with one attached hydrogen (secondary N) is 1. The van der Waals surface area contributed by atoms with Gasteiger partial charge in [0.2, 0.25) is 12.2 Å². The number of fused-ring (bicyclic) bond motifs is 8. The lowest BCUT2D eigenvalue weighted by atomic mass is 9.42. The zero-order valence-electron chi connectivity index (χ0n) is 30.1. The Morgan fingerprint density at radius 2 is 1.85 bits per heavy atom. The number of cyclic esters (lactones) is 1. The molecule has 12 heteroatoms. The molecule has 4 saturated carbocycles. The maximum atomic E-state index is 13.5. The lowest BCUT2D eigenvalue weighted by molar-refractivity contribution is -0.449. The van der Waals surface area contributed by atoms with E-state index in [9.17, 15) is 24.6 Å². The summed E-state index contributed by atoms with van der Waals surface area (Å²) in [5.74, 6) is -2.22. The maximum absolute atomic E-state index is 13.5. The molecule has 3 saturated heterocycles. The van der Waals surface area contributed by atoms with Crippen molar-refractivity contribution in [1.82, 2.24) is 5.32 Å². The van der Waals surface area contributed by atoms with Gasteiger partial charge in [0.15, 0.2) is 0 Å². The second-order valence-electron chi connectivity index (χ2n) is 17.3. The molecule has 7 fully saturated rings. The van der Waals surface area contributed by atoms with Gasteiger partial charge in [-0.3, -0.25) is 9.59 Å². The molecule has 1 spiro atoms. The van der Waals surface area contributed by atoms with Crippen LogP contribution in [-0.4, -0.2) is 87.9 Å². The van der Waals surface area contributed by atoms with Gasteiger partial charge in [-0.2, -0.15) is 0 Å². The minimum atomic E-state index is -1.91. The number of carbonyl (C=O) groups is 3. The second kappa shape index (κ2) is 12.5. The van der Waals surface area contributed by atoms with Gasteiger partial charge in [0.1, 0.15) is 11.5 Å². The van der Waals surface area contributed by atoms with Crippen LogP contribution in [0, 0.1) is 34.5 Å². The van der Waals surface area contributed by atoms with Crippen molar-refractivity contribution >= 4 is 29.6 Å². The molecule has 0 radical (unpaired) electrons. The Bertz CT molecular complexity index is 1660. The molecular formula is C40H51NO10S. The average molecular weight is 738 g/mol. The Morgan fingerprint density at radius 1 is 1.02 bits per heavy atom. The number of carbonyl (C=O) groups excluding carboxylic acids is 3. The number of thioether (sulfide) groups is 1. The Kier molecular flexibility index (Phi) is 8.49. The van der Waals surface area contributed by atoms with E-state index in [2.05, 4.69) is 12.2 Å². The van der Waals surface area contributed by atoms with E-state index in [0.717, 1.165) is 43.2 Å². The van der Waals surface area contributed by atoms with Crippen LogP contribution in [-0.2, 0) is 44.5 Å². The first-order chi connectivity index (χ1) is 24.9. The molecule has 1 amide bonds. The zero-order chi connectivity index (χ0) is 36.1. The number of hydrogen-bond donors (Lipinski definition) is 3. The zero-order valence-corrected chi connectivity index (χ0v) is 30.9. The fraction of sp³-hybridized carbons (Fsp3) is 0.725. The minimum absolute atomic E-state index is 0.0366. The molecule has 0 aromatic heterocycles. The van der Waals surface area contributed by atoms with Gasteiger partial charge < -0.3 is 39.2 Å². The van der Waals surface area contributed by atoms with Crippen molar-refractivity contribution in [1.29, 1.82) is 0 Å². The van der Waals surface area contributed by atoms with Gasteiger partial charge in [-0.1, -0.05) is 37.3 Å². The number of aliphatic hydroxyl groups is 2. The number of amides is 1. The standard InChI is InChI=1S/C40H51NO10S/c1-23-18-39(41-32(42)21-52-39)40(46)35(49-23)50-30-17-26-9-10-29-28(12-14-36(2)27(13-15-38(29,36)45)25-16-34(44)47-20-25)37(26,19-31(30)51-40)22-48-33(43)11-8-24-6-4-3-5-7-24/h3-7,16,23,26-31,35,45-46H,8-15,17-22H2,1-2H3,(H,41,42)/t23-,26+,27-,28+,29-,30-,31-,35+,36-,37-,38+,39+,40-/m1/s1. The third kappa shape index (κ3) is 5.21. The fourth-order valence-electron chi connectivity index (χ4n) is 12.4. The molecule has 0 bridgehead atoms. The molecule has 52 heavy (non-hydrogen) atoms. The number of esters is 2. The molecule has 9 rings (SSSR count). The summed E-state index contributed by atoms with van der Waals surface area (Å²) in [6.45, 7) is 4.62. The molecule has 8 aliphatic rings. The van der Waals surface area contributed by atoms with Gasteiger partial charge in [0, 0.05) is 29.7 Å². The van der Waals surface area contributed by atoms with Gasteiger partial charge in [-0.05, 0) is 99.5 Å². The predicted octanol–water partition coefficient (Wildman–Crippen LogP) is 4.18. The van der Waals surface area contributed by atoms with Crippen LogP contribution in [0.25, 0.3) is 0 Å². The number of hydrogen-bond acceptors (Lipinski definition) is 11. The van der Waals surface area contributed by atoms with E-state index in [1.165, 1.54) is 11.8 Å². The summed E-state index contributed by atoms with van der Waals surface area (Å²) in [5, 5.41) is 28.4. The van der Waals surface area contributed by atoms with Gasteiger partial charge in [0.05, 0.1) is 36.3 Å². The van der Waals surface area contributed by atoms with E-state index in [1.807, 2.05) is 37.3 Å². The largest absolute Gasteiger partial charge is 0.465 e. The molecular weight excluding hydrogens is 687 g/mol. The van der Waals surface area contributed by atoms with Crippen LogP contribution in [0.5, 0.6) is 0 Å². The van der Waals surface area contributed by atoms with Crippen LogP contribution in [0.2, 0.25) is 0 Å². The first-order valence-electron chi connectivity index (χ1n) is 19.3. The van der Waals surface area contributed by atoms with Crippen LogP contribution in [0.4, 0.5) is 0 Å². The Labute approximate surface area is 308 Å². The van der Waals surface area contributed by atoms with E-state index in [-0.39, 0.29) is 72.5 Å². The van der Waals surface area contributed by atoms with E-state index in [0.29, 0.717) is 38.7 Å². The highest BCUT2D eigenvalue weighted by atomic mass is 32.2. The van der Waals surface area contributed by atoms with Crippen molar-refractivity contribution in [2.45, 2.75) is 125 Å². The van der Waals surface area contributed by atoms with Crippen molar-refractivity contribution in [2.75, 3.05) is 19.0 Å². The number of benzene rings is 1. The van der Waals surface area contributed by atoms with Gasteiger partial charge >= 0.3 is 11.9 Å². The highest BCUT2D eigenvalue weighted by Gasteiger charge is 2.73. The molecule has 282 valence electrons. The molecule has 11 nitrogen and oxygen atoms in total. The molecule has 1 aromatic rings. The third-order valence-electron chi connectivity index (χ3n) is 14.9. The molecule has 3 N–H and O–H groups in total. The van der Waals surface area contributed by atoms with Crippen molar-refractivity contribution in [3.63, 3.8) is 0 Å². The van der Waals surface area contributed by atoms with E-state index < -0.39 is 39.5 Å². The summed E-state index contributed by atoms with van der Waals surface area (Å²) < 4.78 is 31.3. The molecule has 1 aromatic carbocycles. The number of rotatable bonds is 6. The minimum Gasteiger partial charge on any atom is -0.465 e. The fourth-order valence-corrected chi connectivity index (χ4v) is 13.8. The van der Waals surface area contributed by atoms with Crippen LogP contribution >= 0.6 is 11.8 Å². The third-order valence-corrected chi connectivity index (χ3v) is 16.3. The first-order valence-corrected chi connectivity index (χ1v) is 20.3. The normalized spacial score (nSPS) is 47.7. The quantitative estimate of drug-likeness (QED) is 0.285. The predicted molar refractivity (Wildman–Crippen MR) is 188 cm³/mol. The topological polar surface area (TPSA) is 150 Å². The molecule has 4 heterocycles. The van der Waals surface area contributed by atoms with Crippen molar-refractivity contribution in [3.05, 3.63) is 47.5 Å². The highest BCUT2D eigenvalue weighted by molar-refractivity contribution is 8.01. The number of aryl methyl sites for hydroxylation is 1.